The molecule has 0 saturated heterocycles. The molecule has 2 saturated carbocycles. The van der Waals surface area contributed by atoms with Gasteiger partial charge < -0.3 is 0 Å². The van der Waals surface area contributed by atoms with Gasteiger partial charge in [0, 0.05) is 151 Å². The van der Waals surface area contributed by atoms with E-state index in [9.17, 15) is 0 Å². The van der Waals surface area contributed by atoms with Crippen molar-refractivity contribution >= 4 is 171 Å². The molecule has 6 aliphatic carbocycles. The molecule has 14 aromatic rings. The maximum Gasteiger partial charge on any atom is 0.236 e. The van der Waals surface area contributed by atoms with Crippen molar-refractivity contribution in [2.75, 3.05) is 0 Å². The zero-order chi connectivity index (χ0) is 71.0. The number of rotatable bonds is 14. The summed E-state index contributed by atoms with van der Waals surface area (Å²) in [5, 5.41) is 22.6. The first-order chi connectivity index (χ1) is 51.2. The molecule has 20 rings (SSSR count). The minimum atomic E-state index is -0.630. The first-order valence-electron chi connectivity index (χ1n) is 37.0. The summed E-state index contributed by atoms with van der Waals surface area (Å²) in [6.07, 6.45) is 12.6. The topological polar surface area (TPSA) is 0 Å². The molecule has 6 aliphatic rings. The second kappa shape index (κ2) is 45.2. The van der Waals surface area contributed by atoms with Gasteiger partial charge in [-0.25, -0.2) is 0 Å². The average molecular weight is 1750 g/mol. The Labute approximate surface area is 789 Å². The van der Waals surface area contributed by atoms with Gasteiger partial charge in [-0.05, 0) is 225 Å². The van der Waals surface area contributed by atoms with Crippen molar-refractivity contribution in [2.45, 2.75) is 82.3 Å². The van der Waals surface area contributed by atoms with Gasteiger partial charge in [-0.1, -0.05) is 372 Å². The fraction of sp³-hybridized carbons (Fsp3) is 0.158. The van der Waals surface area contributed by atoms with Gasteiger partial charge in [-0.15, -0.1) is 40.9 Å². The van der Waals surface area contributed by atoms with Crippen LogP contribution in [0.25, 0.3) is 32.7 Å². The molecule has 0 nitrogen and oxygen atoms in total. The van der Waals surface area contributed by atoms with Gasteiger partial charge in [-0.3, -0.25) is 0 Å². The summed E-state index contributed by atoms with van der Waals surface area (Å²) in [5.41, 5.74) is 10.0. The molecule has 0 spiro atoms. The standard InChI is InChI=1S/C40H34P2.C34H36P2.C20H16P2.CH5BIP.4Ar/c1-5-13-35(14-6-1)41(36-15-7-2-8-16-36)39-29-31-21-25-33(39)27-23-32-22-26-34(28-24-31)40(30-32)42(37-17-9-3-10-18-37)38-19-11-4-12-20-38;1-5-15-27(16-6-1)35(28-17-7-2-8-18-28)33-25-13-23-31(33)32-24-14-26-34(32)36(29-19-9-3-10-20-29)30-21-11-4-12-22-30;21-17-11-9-13-5-1-3-7-15(13)19(17)20-16-8-4-2-6-14(16)10-12-18(20)22;1-2(3)4;;;;/h1-22,25-26,29-30H,23-24,27-28H2;1-12,15-22,31-34H,13-14,23-26H2;1-12H,21-22H2;4H2,1H3;;;;. The number of hydrogen-bond acceptors (Lipinski definition) is 0. The summed E-state index contributed by atoms with van der Waals surface area (Å²) >= 11 is 2.31. The predicted molar refractivity (Wildman–Crippen MR) is 486 cm³/mol. The number of aryl methyl sites for hydroxylation is 4. The Bertz CT molecular complexity index is 4590. The van der Waals surface area contributed by atoms with Gasteiger partial charge in [0.2, 0.25) is 4.29 Å². The Kier molecular flexibility index (Phi) is 37.2. The third-order valence-electron chi connectivity index (χ3n) is 20.8. The number of hydrogen-bond donors (Lipinski definition) is 0. The molecule has 2 fully saturated rings. The Hall–Kier alpha value is -1.56. The molecule has 0 amide bonds. The van der Waals surface area contributed by atoms with Crippen LogP contribution >= 0.6 is 81.7 Å². The second-order valence-electron chi connectivity index (χ2n) is 27.5. The fourth-order valence-corrected chi connectivity index (χ4v) is 28.6. The summed E-state index contributed by atoms with van der Waals surface area (Å²) in [4.78, 5) is 0. The normalized spacial score (nSPS) is 15.5. The molecule has 13 heteroatoms. The average Bonchev–Trinajstić information content (AvgIpc) is 0.993. The van der Waals surface area contributed by atoms with Gasteiger partial charge >= 0.3 is 0 Å². The molecule has 548 valence electrons. The van der Waals surface area contributed by atoms with E-state index in [0.717, 1.165) is 53.1 Å². The van der Waals surface area contributed by atoms with Crippen molar-refractivity contribution in [2.24, 2.45) is 11.8 Å². The quantitative estimate of drug-likeness (QED) is 0.0578. The predicted octanol–water partition coefficient (Wildman–Crippen LogP) is 20.8. The van der Waals surface area contributed by atoms with Gasteiger partial charge in [0.15, 0.2) is 0 Å². The van der Waals surface area contributed by atoms with Crippen LogP contribution in [0, 0.1) is 163 Å². The zero-order valence-electron chi connectivity index (χ0n) is 60.8. The van der Waals surface area contributed by atoms with Crippen molar-refractivity contribution < 1.29 is 151 Å². The largest absolute Gasteiger partial charge is 0.236 e. The maximum absolute atomic E-state index is 2.90. The van der Waals surface area contributed by atoms with Crippen molar-refractivity contribution in [3.8, 4) is 11.1 Å². The first-order valence-corrected chi connectivity index (χ1v) is 45.6. The summed E-state index contributed by atoms with van der Waals surface area (Å²) in [6.45, 7) is 2.12. The number of halogens is 1. The minimum absolute atomic E-state index is 0. The van der Waals surface area contributed by atoms with Crippen molar-refractivity contribution in [1.29, 1.82) is 0 Å². The molecule has 7 atom stereocenters. The molecule has 0 aromatic heterocycles. The molecule has 0 radical (unpaired) electrons. The summed E-state index contributed by atoms with van der Waals surface area (Å²) in [7, 11) is 6.48. The maximum atomic E-state index is 2.90. The first kappa shape index (κ1) is 88.8. The molecular formula is C95H91Ar4BIP7. The van der Waals surface area contributed by atoms with E-state index in [4.69, 9.17) is 0 Å². The van der Waals surface area contributed by atoms with Gasteiger partial charge in [0.1, 0.15) is 0 Å². The number of fused-ring (bicyclic) bond motifs is 2. The van der Waals surface area contributed by atoms with E-state index in [-0.39, 0.29) is 167 Å². The summed E-state index contributed by atoms with van der Waals surface area (Å²) in [6, 6.07) is 131. The molecule has 4 bridgehead atoms. The Morgan fingerprint density at radius 3 is 0.852 bits per heavy atom. The molecule has 0 heterocycles. The molecule has 14 aromatic carbocycles. The van der Waals surface area contributed by atoms with Crippen LogP contribution < -0.4 is 63.7 Å². The van der Waals surface area contributed by atoms with Crippen molar-refractivity contribution in [1.82, 2.24) is 0 Å². The van der Waals surface area contributed by atoms with Gasteiger partial charge in [0.25, 0.3) is 0 Å². The van der Waals surface area contributed by atoms with E-state index in [0.29, 0.717) is 0 Å². The van der Waals surface area contributed by atoms with E-state index in [2.05, 4.69) is 409 Å². The SMILES string of the molecule is CB(P)I.Pc1ccc2ccccc2c1-c1c(P)ccc2ccccc12.[Ar].[Ar].[Ar].[Ar].c1ccc(P(c2ccccc2)C2CCCC2C2CCCC2P(c2ccccc2)c2ccccc2)cc1.c1ccc(P(c2ccccc2)c2cc3ccc2CCc2ccc(c(P(c4ccccc4)c4ccccc4)c2)CC3)cc1. The van der Waals surface area contributed by atoms with Crippen LogP contribution in [0.3, 0.4) is 0 Å². The molecule has 0 aliphatic heterocycles. The smallest absolute Gasteiger partial charge is 0.159 e. The van der Waals surface area contributed by atoms with Crippen LogP contribution in [0.15, 0.2) is 352 Å². The van der Waals surface area contributed by atoms with Crippen LogP contribution in [0.2, 0.25) is 6.82 Å². The van der Waals surface area contributed by atoms with Crippen LogP contribution in [0.5, 0.6) is 0 Å². The molecule has 7 unspecified atom stereocenters. The van der Waals surface area contributed by atoms with Crippen molar-refractivity contribution in [3.05, 3.63) is 374 Å². The fourth-order valence-electron chi connectivity index (χ4n) is 16.2. The Balaban J connectivity index is 0.000000172. The third kappa shape index (κ3) is 22.6. The van der Waals surface area contributed by atoms with Crippen molar-refractivity contribution in [3.63, 3.8) is 0 Å². The van der Waals surface area contributed by atoms with Crippen LogP contribution in [-0.4, -0.2) is 15.6 Å². The van der Waals surface area contributed by atoms with Gasteiger partial charge in [-0.2, -0.15) is 9.12 Å². The molecule has 108 heavy (non-hydrogen) atoms. The zero-order valence-corrected chi connectivity index (χ0v) is 72.8. The monoisotopic (exact) mass is 1750 g/mol. The van der Waals surface area contributed by atoms with E-state index >= 15 is 0 Å². The van der Waals surface area contributed by atoms with Gasteiger partial charge in [0.05, 0.1) is 0 Å². The molecule has 0 N–H and O–H groups in total. The van der Waals surface area contributed by atoms with Crippen LogP contribution in [-0.2, 0) is 25.7 Å². The second-order valence-corrected chi connectivity index (χ2v) is 42.3. The minimum Gasteiger partial charge on any atom is -0.159 e. The van der Waals surface area contributed by atoms with Crippen LogP contribution in [0.1, 0.15) is 60.8 Å². The number of benzene rings is 14. The van der Waals surface area contributed by atoms with E-state index in [1.165, 1.54) is 136 Å². The Morgan fingerprint density at radius 2 is 0.565 bits per heavy atom. The third-order valence-corrected chi connectivity index (χ3v) is 32.8. The Morgan fingerprint density at radius 1 is 0.306 bits per heavy atom. The van der Waals surface area contributed by atoms with E-state index in [1.54, 1.807) is 21.2 Å². The molecular weight excluding hydrogens is 1660 g/mol. The van der Waals surface area contributed by atoms with E-state index < -0.39 is 15.8 Å². The summed E-state index contributed by atoms with van der Waals surface area (Å²) < 4.78 is 0.720. The van der Waals surface area contributed by atoms with Crippen LogP contribution in [0.4, 0.5) is 0 Å². The summed E-state index contributed by atoms with van der Waals surface area (Å²) in [5.74, 6) is 1.67. The van der Waals surface area contributed by atoms with E-state index in [1.807, 2.05) is 0 Å².